The van der Waals surface area contributed by atoms with E-state index in [-0.39, 0.29) is 12.1 Å². The molecule has 1 N–H and O–H groups in total. The lowest BCUT2D eigenvalue weighted by atomic mass is 10.2. The Balaban J connectivity index is 2.08. The third-order valence-corrected chi connectivity index (χ3v) is 4.66. The van der Waals surface area contributed by atoms with Crippen LogP contribution in [0, 0.1) is 0 Å². The van der Waals surface area contributed by atoms with Gasteiger partial charge in [-0.1, -0.05) is 6.07 Å². The Morgan fingerprint density at radius 2 is 2.32 bits per heavy atom. The number of carboxylic acids is 1. The van der Waals surface area contributed by atoms with Crippen LogP contribution in [0.1, 0.15) is 30.7 Å². The Kier molecular flexibility index (Phi) is 4.09. The summed E-state index contributed by atoms with van der Waals surface area (Å²) in [5.41, 5.74) is 0. The number of aliphatic carboxylic acids is 1. The number of amides is 2. The van der Waals surface area contributed by atoms with Crippen molar-refractivity contribution < 1.29 is 14.7 Å². The van der Waals surface area contributed by atoms with Crippen LogP contribution in [0.15, 0.2) is 17.5 Å². The molecule has 5 nitrogen and oxygen atoms in total. The van der Waals surface area contributed by atoms with E-state index in [2.05, 4.69) is 0 Å². The van der Waals surface area contributed by atoms with Crippen molar-refractivity contribution in [3.8, 4) is 0 Å². The van der Waals surface area contributed by atoms with Crippen LogP contribution in [0.5, 0.6) is 0 Å². The molecular formula is C13H18N2O3S. The van der Waals surface area contributed by atoms with Gasteiger partial charge in [-0.3, -0.25) is 0 Å². The molecule has 2 rings (SSSR count). The van der Waals surface area contributed by atoms with E-state index in [0.717, 1.165) is 11.3 Å². The summed E-state index contributed by atoms with van der Waals surface area (Å²) < 4.78 is 0. The van der Waals surface area contributed by atoms with E-state index in [4.69, 9.17) is 5.11 Å². The first-order chi connectivity index (χ1) is 9.02. The van der Waals surface area contributed by atoms with Crippen LogP contribution in [-0.2, 0) is 4.79 Å². The molecule has 1 unspecified atom stereocenters. The van der Waals surface area contributed by atoms with Crippen LogP contribution in [-0.4, -0.2) is 46.5 Å². The van der Waals surface area contributed by atoms with Crippen LogP contribution in [0.25, 0.3) is 0 Å². The van der Waals surface area contributed by atoms with Gasteiger partial charge < -0.3 is 14.9 Å². The van der Waals surface area contributed by atoms with Gasteiger partial charge in [-0.25, -0.2) is 9.59 Å². The number of carbonyl (C=O) groups excluding carboxylic acids is 1. The van der Waals surface area contributed by atoms with Gasteiger partial charge in [-0.15, -0.1) is 11.3 Å². The standard InChI is InChI=1S/C13H18N2O3S/c1-9(11-6-4-8-19-11)14(2)13(18)15-7-3-5-10(15)12(16)17/h4,6,8-10H,3,5,7H2,1-2H3,(H,16,17)/t9?,10-/m1/s1. The highest BCUT2D eigenvalue weighted by atomic mass is 32.1. The zero-order valence-electron chi connectivity index (χ0n) is 11.1. The molecule has 0 saturated carbocycles. The molecule has 1 aromatic heterocycles. The third kappa shape index (κ3) is 2.73. The molecule has 2 amide bonds. The maximum Gasteiger partial charge on any atom is 0.326 e. The number of hydrogen-bond donors (Lipinski definition) is 1. The van der Waals surface area contributed by atoms with Gasteiger partial charge in [0.1, 0.15) is 6.04 Å². The van der Waals surface area contributed by atoms with Crippen LogP contribution in [0.3, 0.4) is 0 Å². The van der Waals surface area contributed by atoms with E-state index in [1.54, 1.807) is 23.3 Å². The first-order valence-corrected chi connectivity index (χ1v) is 7.20. The first-order valence-electron chi connectivity index (χ1n) is 6.32. The van der Waals surface area contributed by atoms with Crippen LogP contribution < -0.4 is 0 Å². The zero-order valence-corrected chi connectivity index (χ0v) is 11.9. The quantitative estimate of drug-likeness (QED) is 0.926. The fourth-order valence-corrected chi connectivity index (χ4v) is 3.17. The number of rotatable bonds is 3. The maximum absolute atomic E-state index is 12.4. The number of hydrogen-bond acceptors (Lipinski definition) is 3. The molecular weight excluding hydrogens is 264 g/mol. The Bertz CT molecular complexity index is 460. The van der Waals surface area contributed by atoms with E-state index in [1.807, 2.05) is 24.4 Å². The second-order valence-corrected chi connectivity index (χ2v) is 5.75. The largest absolute Gasteiger partial charge is 0.480 e. The Morgan fingerprint density at radius 1 is 1.58 bits per heavy atom. The lowest BCUT2D eigenvalue weighted by molar-refractivity contribution is -0.141. The van der Waals surface area contributed by atoms with Gasteiger partial charge in [0.15, 0.2) is 0 Å². The van der Waals surface area contributed by atoms with Gasteiger partial charge in [0.05, 0.1) is 6.04 Å². The molecule has 1 aliphatic rings. The fraction of sp³-hybridized carbons (Fsp3) is 0.538. The number of carboxylic acid groups (broad SMARTS) is 1. The SMILES string of the molecule is CC(c1cccs1)N(C)C(=O)N1CCC[C@@H]1C(=O)O. The van der Waals surface area contributed by atoms with E-state index in [1.165, 1.54) is 4.90 Å². The number of likely N-dealkylation sites (tertiary alicyclic amines) is 1. The molecule has 1 saturated heterocycles. The number of urea groups is 1. The normalized spacial score (nSPS) is 20.3. The van der Waals surface area contributed by atoms with E-state index < -0.39 is 12.0 Å². The summed E-state index contributed by atoms with van der Waals surface area (Å²) in [5, 5.41) is 11.1. The van der Waals surface area contributed by atoms with Crippen molar-refractivity contribution in [1.82, 2.24) is 9.80 Å². The molecule has 19 heavy (non-hydrogen) atoms. The fourth-order valence-electron chi connectivity index (χ4n) is 2.34. The topological polar surface area (TPSA) is 60.9 Å². The van der Waals surface area contributed by atoms with Crippen molar-refractivity contribution in [3.63, 3.8) is 0 Å². The summed E-state index contributed by atoms with van der Waals surface area (Å²) in [6.45, 7) is 2.48. The zero-order chi connectivity index (χ0) is 14.0. The lowest BCUT2D eigenvalue weighted by Gasteiger charge is -2.31. The first kappa shape index (κ1) is 13.9. The van der Waals surface area contributed by atoms with E-state index >= 15 is 0 Å². The molecule has 104 valence electrons. The van der Waals surface area contributed by atoms with Gasteiger partial charge in [0.2, 0.25) is 0 Å². The van der Waals surface area contributed by atoms with E-state index in [0.29, 0.717) is 13.0 Å². The van der Waals surface area contributed by atoms with Gasteiger partial charge >= 0.3 is 12.0 Å². The third-order valence-electron chi connectivity index (χ3n) is 3.62. The molecule has 0 radical (unpaired) electrons. The lowest BCUT2D eigenvalue weighted by Crippen LogP contribution is -2.47. The number of carbonyl (C=O) groups is 2. The summed E-state index contributed by atoms with van der Waals surface area (Å²) >= 11 is 1.60. The second-order valence-electron chi connectivity index (χ2n) is 4.77. The molecule has 1 fully saturated rings. The van der Waals surface area contributed by atoms with Crippen molar-refractivity contribution in [2.24, 2.45) is 0 Å². The second kappa shape index (κ2) is 5.61. The van der Waals surface area contributed by atoms with Crippen LogP contribution in [0.2, 0.25) is 0 Å². The Labute approximate surface area is 116 Å². The molecule has 2 atom stereocenters. The number of nitrogens with zero attached hydrogens (tertiary/aromatic N) is 2. The van der Waals surface area contributed by atoms with Crippen LogP contribution >= 0.6 is 11.3 Å². The minimum Gasteiger partial charge on any atom is -0.480 e. The molecule has 0 aliphatic carbocycles. The molecule has 1 aliphatic heterocycles. The van der Waals surface area contributed by atoms with Gasteiger partial charge in [0, 0.05) is 18.5 Å². The van der Waals surface area contributed by atoms with Crippen LogP contribution in [0.4, 0.5) is 4.79 Å². The smallest absolute Gasteiger partial charge is 0.326 e. The molecule has 2 heterocycles. The Morgan fingerprint density at radius 3 is 2.89 bits per heavy atom. The summed E-state index contributed by atoms with van der Waals surface area (Å²) in [5.74, 6) is -0.914. The molecule has 0 spiro atoms. The highest BCUT2D eigenvalue weighted by Gasteiger charge is 2.36. The molecule has 0 bridgehead atoms. The van der Waals surface area contributed by atoms with Gasteiger partial charge in [0.25, 0.3) is 0 Å². The highest BCUT2D eigenvalue weighted by Crippen LogP contribution is 2.26. The monoisotopic (exact) mass is 282 g/mol. The summed E-state index contributed by atoms with van der Waals surface area (Å²) in [7, 11) is 1.73. The average molecular weight is 282 g/mol. The minimum atomic E-state index is -0.914. The summed E-state index contributed by atoms with van der Waals surface area (Å²) in [6, 6.07) is 3.02. The van der Waals surface area contributed by atoms with Crippen molar-refractivity contribution in [1.29, 1.82) is 0 Å². The highest BCUT2D eigenvalue weighted by molar-refractivity contribution is 7.10. The van der Waals surface area contributed by atoms with Crippen molar-refractivity contribution >= 4 is 23.3 Å². The van der Waals surface area contributed by atoms with Gasteiger partial charge in [-0.2, -0.15) is 0 Å². The predicted octanol–water partition coefficient (Wildman–Crippen LogP) is 2.41. The van der Waals surface area contributed by atoms with Crippen molar-refractivity contribution in [2.75, 3.05) is 13.6 Å². The number of thiophene rings is 1. The average Bonchev–Trinajstić information content (AvgIpc) is 3.06. The van der Waals surface area contributed by atoms with Crippen molar-refractivity contribution in [3.05, 3.63) is 22.4 Å². The summed E-state index contributed by atoms with van der Waals surface area (Å²) in [6.07, 6.45) is 1.30. The minimum absolute atomic E-state index is 0.0393. The molecule has 6 heteroatoms. The van der Waals surface area contributed by atoms with Crippen molar-refractivity contribution in [2.45, 2.75) is 31.8 Å². The van der Waals surface area contributed by atoms with E-state index in [9.17, 15) is 9.59 Å². The maximum atomic E-state index is 12.4. The van der Waals surface area contributed by atoms with Gasteiger partial charge in [-0.05, 0) is 31.2 Å². The summed E-state index contributed by atoms with van der Waals surface area (Å²) in [4.78, 5) is 27.7. The molecule has 0 aromatic carbocycles. The molecule has 1 aromatic rings. The Hall–Kier alpha value is -1.56. The predicted molar refractivity (Wildman–Crippen MR) is 73.3 cm³/mol.